The number of alkyl halides is 3. The summed E-state index contributed by atoms with van der Waals surface area (Å²) < 4.78 is 45.2. The first-order valence-corrected chi connectivity index (χ1v) is 9.07. The van der Waals surface area contributed by atoms with Crippen LogP contribution >= 0.6 is 0 Å². The Morgan fingerprint density at radius 3 is 2.41 bits per heavy atom. The van der Waals surface area contributed by atoms with Crippen LogP contribution < -0.4 is 4.74 Å². The van der Waals surface area contributed by atoms with Crippen molar-refractivity contribution in [2.45, 2.75) is 25.6 Å². The molecule has 0 saturated heterocycles. The number of rotatable bonds is 5. The highest BCUT2D eigenvalue weighted by atomic mass is 19.4. The lowest BCUT2D eigenvalue weighted by Gasteiger charge is -2.23. The highest BCUT2D eigenvalue weighted by molar-refractivity contribution is 5.87. The molecule has 0 aliphatic rings. The Morgan fingerprint density at radius 1 is 1.19 bits per heavy atom. The Labute approximate surface area is 179 Å². The number of aromatic nitrogens is 1. The zero-order valence-corrected chi connectivity index (χ0v) is 16.7. The number of benzene rings is 2. The van der Waals surface area contributed by atoms with E-state index >= 15 is 0 Å². The minimum absolute atomic E-state index is 0.0239. The number of H-pyrrole nitrogens is 1. The van der Waals surface area contributed by atoms with Crippen LogP contribution in [0, 0.1) is 39.7 Å². The summed E-state index contributed by atoms with van der Waals surface area (Å²) in [6, 6.07) is 8.73. The fraction of sp³-hybridized carbons (Fsp3) is 0.238. The maximum absolute atomic E-state index is 13.3. The molecule has 1 unspecified atom stereocenters. The quantitative estimate of drug-likeness (QED) is 0.441. The molecule has 32 heavy (non-hydrogen) atoms. The molecule has 1 heterocycles. The molecule has 0 fully saturated rings. The normalized spacial score (nSPS) is 13.2. The first kappa shape index (κ1) is 22.6. The van der Waals surface area contributed by atoms with Crippen molar-refractivity contribution < 1.29 is 27.9 Å². The molecule has 0 saturated carbocycles. The summed E-state index contributed by atoms with van der Waals surface area (Å²) in [5.74, 6) is 0.0239. The van der Waals surface area contributed by atoms with Crippen molar-refractivity contribution >= 4 is 16.6 Å². The Kier molecular flexibility index (Phi) is 5.56. The van der Waals surface area contributed by atoms with Crippen LogP contribution in [0.2, 0.25) is 0 Å². The van der Waals surface area contributed by atoms with E-state index in [0.717, 1.165) is 18.2 Å². The van der Waals surface area contributed by atoms with E-state index in [2.05, 4.69) is 4.98 Å². The van der Waals surface area contributed by atoms with Gasteiger partial charge in [-0.1, -0.05) is 0 Å². The smallest absolute Gasteiger partial charge is 0.417 e. The maximum Gasteiger partial charge on any atom is 0.417 e. The number of nitriles is 2. The van der Waals surface area contributed by atoms with Gasteiger partial charge in [-0.05, 0) is 43.7 Å². The van der Waals surface area contributed by atoms with Crippen molar-refractivity contribution in [3.63, 3.8) is 0 Å². The second kappa shape index (κ2) is 7.87. The van der Waals surface area contributed by atoms with Gasteiger partial charge in [-0.2, -0.15) is 23.7 Å². The van der Waals surface area contributed by atoms with Gasteiger partial charge in [-0.15, -0.1) is 0 Å². The van der Waals surface area contributed by atoms with E-state index in [1.165, 1.54) is 19.1 Å². The van der Waals surface area contributed by atoms with Gasteiger partial charge in [0.1, 0.15) is 29.6 Å². The number of aliphatic hydroxyl groups is 1. The second-order valence-electron chi connectivity index (χ2n) is 7.29. The van der Waals surface area contributed by atoms with Crippen molar-refractivity contribution in [1.82, 2.24) is 4.98 Å². The van der Waals surface area contributed by atoms with Crippen molar-refractivity contribution in [2.75, 3.05) is 6.61 Å². The monoisotopic (exact) mass is 444 g/mol. The van der Waals surface area contributed by atoms with Gasteiger partial charge >= 0.3 is 6.18 Å². The zero-order chi connectivity index (χ0) is 23.8. The number of nitro groups is 1. The predicted octanol–water partition coefficient (Wildman–Crippen LogP) is 4.43. The number of hydrogen-bond donors (Lipinski definition) is 2. The van der Waals surface area contributed by atoms with Crippen molar-refractivity contribution in [1.29, 1.82) is 10.5 Å². The third-order valence-electron chi connectivity index (χ3n) is 4.97. The van der Waals surface area contributed by atoms with Gasteiger partial charge in [-0.25, -0.2) is 0 Å². The predicted molar refractivity (Wildman–Crippen MR) is 106 cm³/mol. The van der Waals surface area contributed by atoms with Gasteiger partial charge in [0.2, 0.25) is 0 Å². The molecule has 0 aliphatic heterocycles. The largest absolute Gasteiger partial charge is 0.490 e. The van der Waals surface area contributed by atoms with E-state index in [-0.39, 0.29) is 22.5 Å². The number of hydrogen-bond acceptors (Lipinski definition) is 6. The van der Waals surface area contributed by atoms with Crippen molar-refractivity contribution in [2.24, 2.45) is 0 Å². The molecular weight excluding hydrogens is 429 g/mol. The molecule has 0 amide bonds. The molecule has 1 atom stereocenters. The van der Waals surface area contributed by atoms with Crippen LogP contribution in [0.5, 0.6) is 5.75 Å². The molecule has 3 rings (SSSR count). The number of aromatic amines is 1. The van der Waals surface area contributed by atoms with E-state index in [1.807, 2.05) is 0 Å². The number of nitro benzene ring substituents is 1. The Hall–Kier alpha value is -4.09. The molecule has 164 valence electrons. The molecule has 2 N–H and O–H groups in total. The topological polar surface area (TPSA) is 136 Å². The number of aryl methyl sites for hydroxylation is 1. The Bertz CT molecular complexity index is 1310. The average molecular weight is 444 g/mol. The molecule has 0 bridgehead atoms. The minimum Gasteiger partial charge on any atom is -0.490 e. The molecule has 0 spiro atoms. The second-order valence-corrected chi connectivity index (χ2v) is 7.29. The third-order valence-corrected chi connectivity index (χ3v) is 4.97. The van der Waals surface area contributed by atoms with Crippen LogP contribution in [-0.2, 0) is 11.8 Å². The van der Waals surface area contributed by atoms with Crippen LogP contribution in [-0.4, -0.2) is 21.6 Å². The molecule has 0 aliphatic carbocycles. The number of fused-ring (bicyclic) bond motifs is 1. The first-order chi connectivity index (χ1) is 14.9. The molecular formula is C21H15F3N4O4. The lowest BCUT2D eigenvalue weighted by molar-refractivity contribution is -0.385. The molecule has 11 heteroatoms. The van der Waals surface area contributed by atoms with Crippen LogP contribution in [0.4, 0.5) is 18.9 Å². The summed E-state index contributed by atoms with van der Waals surface area (Å²) in [6.07, 6.45) is -4.73. The fourth-order valence-electron chi connectivity index (χ4n) is 3.38. The van der Waals surface area contributed by atoms with Crippen molar-refractivity contribution in [3.8, 4) is 17.9 Å². The number of nitrogens with zero attached hydrogens (tertiary/aromatic N) is 3. The summed E-state index contributed by atoms with van der Waals surface area (Å²) in [4.78, 5) is 13.1. The first-order valence-electron chi connectivity index (χ1n) is 9.07. The maximum atomic E-state index is 13.3. The highest BCUT2D eigenvalue weighted by Crippen LogP contribution is 2.37. The van der Waals surface area contributed by atoms with Gasteiger partial charge in [0.25, 0.3) is 5.69 Å². The SMILES string of the molecule is Cc1c(C(C)(O)COc2ccc(C#N)c([N+](=O)[O-])c2)[nH]c2cc(C(F)(F)F)c(C#N)cc12. The molecule has 2 aromatic carbocycles. The number of nitrogens with one attached hydrogen (secondary N) is 1. The van der Waals surface area contributed by atoms with Gasteiger partial charge < -0.3 is 14.8 Å². The summed E-state index contributed by atoms with van der Waals surface area (Å²) >= 11 is 0. The lowest BCUT2D eigenvalue weighted by Crippen LogP contribution is -2.30. The minimum atomic E-state index is -4.73. The summed E-state index contributed by atoms with van der Waals surface area (Å²) in [5.41, 5.74) is -3.32. The van der Waals surface area contributed by atoms with Gasteiger partial charge in [-0.3, -0.25) is 10.1 Å². The summed E-state index contributed by atoms with van der Waals surface area (Å²) in [5, 5.41) is 40.4. The molecule has 8 nitrogen and oxygen atoms in total. The highest BCUT2D eigenvalue weighted by Gasteiger charge is 2.35. The van der Waals surface area contributed by atoms with Crippen molar-refractivity contribution in [3.05, 3.63) is 68.4 Å². The van der Waals surface area contributed by atoms with E-state index < -0.39 is 40.1 Å². The van der Waals surface area contributed by atoms with Gasteiger partial charge in [0.15, 0.2) is 0 Å². The Morgan fingerprint density at radius 2 is 1.84 bits per heavy atom. The van der Waals surface area contributed by atoms with E-state index in [9.17, 15) is 28.4 Å². The van der Waals surface area contributed by atoms with Gasteiger partial charge in [0.05, 0.1) is 33.9 Å². The standard InChI is InChI=1S/C21H15F3N4O4/c1-11-15-5-13(9-26)16(21(22,23)24)7-17(15)27-19(11)20(2,29)10-32-14-4-3-12(8-25)18(6-14)28(30)31/h3-7,27,29H,10H2,1-2H3. The van der Waals surface area contributed by atoms with Gasteiger partial charge in [0, 0.05) is 10.9 Å². The van der Waals surface area contributed by atoms with Crippen LogP contribution in [0.3, 0.4) is 0 Å². The molecule has 3 aromatic rings. The lowest BCUT2D eigenvalue weighted by atomic mass is 9.98. The summed E-state index contributed by atoms with van der Waals surface area (Å²) in [6.45, 7) is 2.53. The van der Waals surface area contributed by atoms with E-state index in [1.54, 1.807) is 19.1 Å². The Balaban J connectivity index is 1.97. The summed E-state index contributed by atoms with van der Waals surface area (Å²) in [7, 11) is 0. The number of ether oxygens (including phenoxy) is 1. The number of halogens is 3. The molecule has 1 aromatic heterocycles. The fourth-order valence-corrected chi connectivity index (χ4v) is 3.38. The average Bonchev–Trinajstić information content (AvgIpc) is 3.07. The van der Waals surface area contributed by atoms with Crippen LogP contribution in [0.1, 0.15) is 34.9 Å². The van der Waals surface area contributed by atoms with Crippen LogP contribution in [0.15, 0.2) is 30.3 Å². The van der Waals surface area contributed by atoms with E-state index in [0.29, 0.717) is 10.9 Å². The third kappa shape index (κ3) is 4.06. The van der Waals surface area contributed by atoms with E-state index in [4.69, 9.17) is 15.3 Å². The zero-order valence-electron chi connectivity index (χ0n) is 16.7. The molecule has 0 radical (unpaired) electrons. The van der Waals surface area contributed by atoms with Crippen LogP contribution in [0.25, 0.3) is 10.9 Å².